The van der Waals surface area contributed by atoms with Crippen LogP contribution in [-0.2, 0) is 4.79 Å². The summed E-state index contributed by atoms with van der Waals surface area (Å²) in [5.41, 5.74) is 0. The van der Waals surface area contributed by atoms with Crippen LogP contribution in [0.4, 0.5) is 4.39 Å². The summed E-state index contributed by atoms with van der Waals surface area (Å²) in [5, 5.41) is 9.44. The molecule has 0 spiro atoms. The van der Waals surface area contributed by atoms with Crippen molar-refractivity contribution in [3.8, 4) is 5.75 Å². The number of nitrogens with zero attached hydrogens (tertiary/aromatic N) is 2. The Morgan fingerprint density at radius 1 is 1.45 bits per heavy atom. The van der Waals surface area contributed by atoms with Crippen molar-refractivity contribution in [3.63, 3.8) is 0 Å². The number of hydrogen-bond donors (Lipinski definition) is 1. The molecular weight excluding hydrogens is 287 g/mol. The monoisotopic (exact) mass is 310 g/mol. The van der Waals surface area contributed by atoms with E-state index in [4.69, 9.17) is 4.74 Å². The first-order valence-electron chi connectivity index (χ1n) is 7.57. The van der Waals surface area contributed by atoms with Crippen LogP contribution in [0.1, 0.15) is 12.8 Å². The quantitative estimate of drug-likeness (QED) is 0.855. The van der Waals surface area contributed by atoms with Crippen molar-refractivity contribution in [2.24, 2.45) is 0 Å². The fraction of sp³-hybridized carbons (Fsp3) is 0.562. The first-order valence-corrected chi connectivity index (χ1v) is 7.57. The maximum Gasteiger partial charge on any atom is 0.236 e. The highest BCUT2D eigenvalue weighted by atomic mass is 19.1. The highest BCUT2D eigenvalue weighted by molar-refractivity contribution is 5.78. The van der Waals surface area contributed by atoms with Gasteiger partial charge in [0, 0.05) is 25.7 Å². The number of halogens is 1. The number of carbonyl (C=O) groups excluding carboxylic acids is 1. The van der Waals surface area contributed by atoms with E-state index in [-0.39, 0.29) is 17.8 Å². The van der Waals surface area contributed by atoms with E-state index in [9.17, 15) is 14.3 Å². The number of hydrogen-bond acceptors (Lipinski definition) is 4. The van der Waals surface area contributed by atoms with Crippen molar-refractivity contribution >= 4 is 5.91 Å². The third kappa shape index (κ3) is 5.27. The Balaban J connectivity index is 1.67. The van der Waals surface area contributed by atoms with Gasteiger partial charge in [-0.2, -0.15) is 0 Å². The number of amides is 1. The number of likely N-dealkylation sites (N-methyl/N-ethyl adjacent to an activating group) is 1. The van der Waals surface area contributed by atoms with Crippen molar-refractivity contribution in [1.29, 1.82) is 0 Å². The molecule has 122 valence electrons. The number of aliphatic hydroxyl groups excluding tert-OH is 1. The minimum Gasteiger partial charge on any atom is -0.492 e. The molecule has 0 saturated carbocycles. The van der Waals surface area contributed by atoms with Gasteiger partial charge < -0.3 is 14.7 Å². The summed E-state index contributed by atoms with van der Waals surface area (Å²) < 4.78 is 18.5. The smallest absolute Gasteiger partial charge is 0.236 e. The molecule has 1 aromatic rings. The van der Waals surface area contributed by atoms with Crippen LogP contribution in [0.25, 0.3) is 0 Å². The van der Waals surface area contributed by atoms with E-state index in [2.05, 4.69) is 0 Å². The second-order valence-corrected chi connectivity index (χ2v) is 5.66. The Kier molecular flexibility index (Phi) is 6.15. The Morgan fingerprint density at radius 2 is 2.18 bits per heavy atom. The van der Waals surface area contributed by atoms with Crippen molar-refractivity contribution in [2.75, 3.05) is 39.8 Å². The summed E-state index contributed by atoms with van der Waals surface area (Å²) >= 11 is 0. The summed E-state index contributed by atoms with van der Waals surface area (Å²) in [5.74, 6) is 0.234. The minimum atomic E-state index is -0.326. The Morgan fingerprint density at radius 3 is 2.86 bits per heavy atom. The molecule has 1 aliphatic heterocycles. The van der Waals surface area contributed by atoms with Crippen molar-refractivity contribution in [2.45, 2.75) is 18.9 Å². The lowest BCUT2D eigenvalue weighted by Gasteiger charge is -2.31. The molecule has 22 heavy (non-hydrogen) atoms. The van der Waals surface area contributed by atoms with Gasteiger partial charge in [0.2, 0.25) is 5.91 Å². The SMILES string of the molecule is CN(CCOc1cccc(F)c1)CC(=O)N1CCC(O)CC1. The van der Waals surface area contributed by atoms with Crippen molar-refractivity contribution in [3.05, 3.63) is 30.1 Å². The second kappa shape index (κ2) is 8.10. The molecule has 6 heteroatoms. The molecule has 1 N–H and O–H groups in total. The van der Waals surface area contributed by atoms with Gasteiger partial charge in [0.15, 0.2) is 0 Å². The third-order valence-electron chi connectivity index (χ3n) is 3.76. The zero-order valence-electron chi connectivity index (χ0n) is 12.9. The van der Waals surface area contributed by atoms with Gasteiger partial charge in [-0.15, -0.1) is 0 Å². The standard InChI is InChI=1S/C16H23FN2O3/c1-18(9-10-22-15-4-2-3-13(17)11-15)12-16(21)19-7-5-14(20)6-8-19/h2-4,11,14,20H,5-10,12H2,1H3. The van der Waals surface area contributed by atoms with Gasteiger partial charge in [-0.1, -0.05) is 6.07 Å². The van der Waals surface area contributed by atoms with Crippen molar-refractivity contribution in [1.82, 2.24) is 9.80 Å². The fourth-order valence-corrected chi connectivity index (χ4v) is 2.40. The van der Waals surface area contributed by atoms with Gasteiger partial charge in [-0.25, -0.2) is 4.39 Å². The van der Waals surface area contributed by atoms with Crippen LogP contribution in [0.3, 0.4) is 0 Å². The minimum absolute atomic E-state index is 0.0696. The van der Waals surface area contributed by atoms with Crippen LogP contribution in [-0.4, -0.2) is 66.8 Å². The number of carbonyl (C=O) groups is 1. The number of benzene rings is 1. The van der Waals surface area contributed by atoms with Crippen LogP contribution in [0.2, 0.25) is 0 Å². The first-order chi connectivity index (χ1) is 10.5. The lowest BCUT2D eigenvalue weighted by atomic mass is 10.1. The van der Waals surface area contributed by atoms with E-state index in [0.29, 0.717) is 51.4 Å². The molecule has 5 nitrogen and oxygen atoms in total. The zero-order valence-corrected chi connectivity index (χ0v) is 12.9. The molecule has 0 radical (unpaired) electrons. The molecule has 1 aromatic carbocycles. The highest BCUT2D eigenvalue weighted by Crippen LogP contribution is 2.12. The molecule has 1 fully saturated rings. The van der Waals surface area contributed by atoms with Crippen LogP contribution < -0.4 is 4.74 Å². The van der Waals surface area contributed by atoms with E-state index in [1.165, 1.54) is 12.1 Å². The lowest BCUT2D eigenvalue weighted by molar-refractivity contribution is -0.134. The van der Waals surface area contributed by atoms with E-state index in [1.54, 1.807) is 17.0 Å². The summed E-state index contributed by atoms with van der Waals surface area (Å²) in [4.78, 5) is 15.8. The summed E-state index contributed by atoms with van der Waals surface area (Å²) in [7, 11) is 1.85. The average Bonchev–Trinajstić information content (AvgIpc) is 2.48. The van der Waals surface area contributed by atoms with Gasteiger partial charge in [-0.05, 0) is 32.0 Å². The number of rotatable bonds is 6. The number of ether oxygens (including phenoxy) is 1. The normalized spacial score (nSPS) is 16.1. The summed E-state index contributed by atoms with van der Waals surface area (Å²) in [6.45, 7) is 2.54. The van der Waals surface area contributed by atoms with Gasteiger partial charge in [0.1, 0.15) is 18.2 Å². The zero-order chi connectivity index (χ0) is 15.9. The molecule has 0 atom stereocenters. The molecular formula is C16H23FN2O3. The third-order valence-corrected chi connectivity index (χ3v) is 3.76. The highest BCUT2D eigenvalue weighted by Gasteiger charge is 2.21. The summed E-state index contributed by atoms with van der Waals surface area (Å²) in [6, 6.07) is 6.01. The maximum atomic E-state index is 13.0. The molecule has 0 unspecified atom stereocenters. The predicted octanol–water partition coefficient (Wildman–Crippen LogP) is 1.12. The van der Waals surface area contributed by atoms with E-state index < -0.39 is 0 Å². The number of piperidine rings is 1. The van der Waals surface area contributed by atoms with Crippen LogP contribution in [0.15, 0.2) is 24.3 Å². The van der Waals surface area contributed by atoms with Gasteiger partial charge in [-0.3, -0.25) is 9.69 Å². The van der Waals surface area contributed by atoms with Gasteiger partial charge in [0.05, 0.1) is 12.6 Å². The fourth-order valence-electron chi connectivity index (χ4n) is 2.40. The largest absolute Gasteiger partial charge is 0.492 e. The van der Waals surface area contributed by atoms with Crippen LogP contribution in [0.5, 0.6) is 5.75 Å². The topological polar surface area (TPSA) is 53.0 Å². The average molecular weight is 310 g/mol. The second-order valence-electron chi connectivity index (χ2n) is 5.66. The molecule has 2 rings (SSSR count). The van der Waals surface area contributed by atoms with Crippen LogP contribution in [0, 0.1) is 5.82 Å². The predicted molar refractivity (Wildman–Crippen MR) is 81.2 cm³/mol. The Bertz CT molecular complexity index is 490. The first kappa shape index (κ1) is 16.7. The van der Waals surface area contributed by atoms with E-state index in [1.807, 2.05) is 11.9 Å². The van der Waals surface area contributed by atoms with E-state index in [0.717, 1.165) is 0 Å². The molecule has 0 aromatic heterocycles. The lowest BCUT2D eigenvalue weighted by Crippen LogP contribution is -2.44. The molecule has 1 amide bonds. The van der Waals surface area contributed by atoms with Crippen molar-refractivity contribution < 1.29 is 19.0 Å². The van der Waals surface area contributed by atoms with Crippen LogP contribution >= 0.6 is 0 Å². The Hall–Kier alpha value is -1.66. The van der Waals surface area contributed by atoms with Gasteiger partial charge >= 0.3 is 0 Å². The maximum absolute atomic E-state index is 13.0. The van der Waals surface area contributed by atoms with Gasteiger partial charge in [0.25, 0.3) is 0 Å². The summed E-state index contributed by atoms with van der Waals surface area (Å²) in [6.07, 6.45) is 1.03. The van der Waals surface area contributed by atoms with E-state index >= 15 is 0 Å². The molecule has 1 saturated heterocycles. The molecule has 1 aliphatic rings. The number of aliphatic hydroxyl groups is 1. The molecule has 0 aliphatic carbocycles. The number of likely N-dealkylation sites (tertiary alicyclic amines) is 1. The molecule has 1 heterocycles. The molecule has 0 bridgehead atoms. The Labute approximate surface area is 130 Å².